The van der Waals surface area contributed by atoms with Crippen LogP contribution in [0.4, 0.5) is 11.5 Å². The number of aromatic hydroxyl groups is 1. The Hall–Kier alpha value is -3.54. The Labute approximate surface area is 176 Å². The van der Waals surface area contributed by atoms with E-state index in [-0.39, 0.29) is 12.7 Å². The zero-order valence-electron chi connectivity index (χ0n) is 17.2. The maximum absolute atomic E-state index is 10.3. The summed E-state index contributed by atoms with van der Waals surface area (Å²) in [6.45, 7) is 4.23. The lowest BCUT2D eigenvalue weighted by Gasteiger charge is -2.36. The summed E-state index contributed by atoms with van der Waals surface area (Å²) in [5.41, 5.74) is 6.25. The highest BCUT2D eigenvalue weighted by molar-refractivity contribution is 6.64. The van der Waals surface area contributed by atoms with Crippen molar-refractivity contribution in [2.75, 3.05) is 4.81 Å². The third kappa shape index (κ3) is 3.05. The second-order valence-electron chi connectivity index (χ2n) is 7.76. The molecule has 1 aliphatic heterocycles. The van der Waals surface area contributed by atoms with Gasteiger partial charge in [-0.15, -0.1) is 0 Å². The van der Waals surface area contributed by atoms with Crippen LogP contribution in [0, 0.1) is 6.92 Å². The van der Waals surface area contributed by atoms with Gasteiger partial charge in [0.1, 0.15) is 11.6 Å². The molecule has 0 atom stereocenters. The molecule has 30 heavy (non-hydrogen) atoms. The number of aromatic nitrogens is 3. The van der Waals surface area contributed by atoms with E-state index < -0.39 is 0 Å². The molecule has 4 aromatic rings. The van der Waals surface area contributed by atoms with Crippen molar-refractivity contribution >= 4 is 18.5 Å². The number of hydrogen-bond acceptors (Lipinski definition) is 4. The third-order valence-corrected chi connectivity index (χ3v) is 5.60. The Morgan fingerprint density at radius 1 is 1.00 bits per heavy atom. The van der Waals surface area contributed by atoms with Crippen molar-refractivity contribution in [2.45, 2.75) is 26.6 Å². The lowest BCUT2D eigenvalue weighted by atomic mass is 9.66. The van der Waals surface area contributed by atoms with Gasteiger partial charge in [0.05, 0.1) is 11.4 Å². The molecule has 0 saturated carbocycles. The van der Waals surface area contributed by atoms with Gasteiger partial charge in [0.15, 0.2) is 0 Å². The summed E-state index contributed by atoms with van der Waals surface area (Å²) in [7, 11) is 0. The molecule has 0 saturated heterocycles. The van der Waals surface area contributed by atoms with Crippen LogP contribution in [0.5, 0.6) is 5.75 Å². The van der Waals surface area contributed by atoms with Gasteiger partial charge in [-0.3, -0.25) is 4.59 Å². The molecule has 5 nitrogen and oxygen atoms in total. The predicted molar refractivity (Wildman–Crippen MR) is 122 cm³/mol. The van der Waals surface area contributed by atoms with E-state index >= 15 is 0 Å². The van der Waals surface area contributed by atoms with Gasteiger partial charge in [-0.2, -0.15) is 5.10 Å². The number of hydrogen-bond donors (Lipinski definition) is 1. The van der Waals surface area contributed by atoms with Gasteiger partial charge in [0, 0.05) is 29.1 Å². The molecule has 1 N–H and O–H groups in total. The number of benzene rings is 2. The fourth-order valence-electron chi connectivity index (χ4n) is 4.22. The zero-order valence-corrected chi connectivity index (χ0v) is 17.2. The van der Waals surface area contributed by atoms with Crippen molar-refractivity contribution in [2.24, 2.45) is 0 Å². The average molecular weight is 394 g/mol. The molecule has 148 valence electrons. The fourth-order valence-corrected chi connectivity index (χ4v) is 4.22. The molecular weight excluding hydrogens is 371 g/mol. The normalized spacial score (nSPS) is 12.6. The monoisotopic (exact) mass is 394 g/mol. The Kier molecular flexibility index (Phi) is 4.54. The van der Waals surface area contributed by atoms with Crippen LogP contribution in [-0.4, -0.2) is 26.8 Å². The van der Waals surface area contributed by atoms with Crippen molar-refractivity contribution in [3.63, 3.8) is 0 Å². The van der Waals surface area contributed by atoms with E-state index in [1.54, 1.807) is 6.07 Å². The number of nitrogens with zero attached hydrogens (tertiary/aromatic N) is 4. The van der Waals surface area contributed by atoms with Gasteiger partial charge in [-0.25, -0.2) is 4.98 Å². The molecule has 1 aliphatic rings. The molecule has 2 aromatic heterocycles. The van der Waals surface area contributed by atoms with Crippen LogP contribution in [-0.2, 0) is 0 Å². The topological polar surface area (TPSA) is 54.2 Å². The van der Waals surface area contributed by atoms with Crippen LogP contribution >= 0.6 is 0 Å². The summed E-state index contributed by atoms with van der Waals surface area (Å²) in [6, 6.07) is 22.0. The largest absolute Gasteiger partial charge is 0.508 e. The molecule has 0 unspecified atom stereocenters. The molecule has 6 heteroatoms. The van der Waals surface area contributed by atoms with Gasteiger partial charge >= 0.3 is 6.98 Å². The highest BCUT2D eigenvalue weighted by Crippen LogP contribution is 2.43. The summed E-state index contributed by atoms with van der Waals surface area (Å²) in [5.74, 6) is 1.11. The number of phenolic OH excluding ortho intramolecular Hbond substituents is 1. The molecular formula is C24H23BN4O. The van der Waals surface area contributed by atoms with E-state index in [0.717, 1.165) is 52.3 Å². The quantitative estimate of drug-likeness (QED) is 0.463. The Balaban J connectivity index is 1.75. The van der Waals surface area contributed by atoms with E-state index in [0.29, 0.717) is 0 Å². The highest BCUT2D eigenvalue weighted by atomic mass is 16.3. The van der Waals surface area contributed by atoms with Crippen LogP contribution in [0.3, 0.4) is 0 Å². The minimum atomic E-state index is -0.0222. The molecule has 0 radical (unpaired) electrons. The van der Waals surface area contributed by atoms with Gasteiger partial charge in [0.25, 0.3) is 0 Å². The summed E-state index contributed by atoms with van der Waals surface area (Å²) in [6.07, 6.45) is 3.75. The second-order valence-corrected chi connectivity index (χ2v) is 7.76. The average Bonchev–Trinajstić information content (AvgIpc) is 3.20. The van der Waals surface area contributed by atoms with E-state index in [1.807, 2.05) is 42.6 Å². The lowest BCUT2D eigenvalue weighted by Crippen LogP contribution is -2.46. The SMILES string of the molecule is CCCB1N(c2cc(C)ccn2)c2cc(O)ccc2-c2cc(-c3ccccc3)nn21. The molecule has 0 aliphatic carbocycles. The Morgan fingerprint density at radius 3 is 2.60 bits per heavy atom. The van der Waals surface area contributed by atoms with Crippen molar-refractivity contribution in [3.8, 4) is 28.3 Å². The first-order chi connectivity index (χ1) is 14.7. The van der Waals surface area contributed by atoms with E-state index in [1.165, 1.54) is 0 Å². The molecule has 3 heterocycles. The standard InChI is InChI=1S/C24H23BN4O/c1-3-12-25-28(24-14-17(2)11-13-26-24)22-15-19(30)9-10-20(22)23-16-21(27-29(23)25)18-7-5-4-6-8-18/h4-11,13-16,30H,3,12H2,1-2H3. The molecule has 0 fully saturated rings. The van der Waals surface area contributed by atoms with Crippen molar-refractivity contribution in [3.05, 3.63) is 78.5 Å². The summed E-state index contributed by atoms with van der Waals surface area (Å²) < 4.78 is 2.12. The minimum Gasteiger partial charge on any atom is -0.508 e. The lowest BCUT2D eigenvalue weighted by molar-refractivity contribution is 0.475. The van der Waals surface area contributed by atoms with Gasteiger partial charge in [-0.05, 0) is 49.1 Å². The number of fused-ring (bicyclic) bond motifs is 3. The Bertz CT molecular complexity index is 1210. The van der Waals surface area contributed by atoms with E-state index in [2.05, 4.69) is 52.5 Å². The van der Waals surface area contributed by atoms with E-state index in [4.69, 9.17) is 5.10 Å². The highest BCUT2D eigenvalue weighted by Gasteiger charge is 2.37. The Morgan fingerprint density at radius 2 is 1.83 bits per heavy atom. The molecule has 2 aromatic carbocycles. The number of rotatable bonds is 4. The van der Waals surface area contributed by atoms with Gasteiger partial charge < -0.3 is 9.92 Å². The van der Waals surface area contributed by atoms with Crippen LogP contribution in [0.15, 0.2) is 72.9 Å². The second kappa shape index (κ2) is 7.37. The summed E-state index contributed by atoms with van der Waals surface area (Å²) in [4.78, 5) is 6.87. The van der Waals surface area contributed by atoms with Crippen molar-refractivity contribution < 1.29 is 5.11 Å². The number of anilines is 2. The third-order valence-electron chi connectivity index (χ3n) is 5.60. The number of phenols is 1. The first-order valence-corrected chi connectivity index (χ1v) is 10.4. The molecule has 5 rings (SSSR count). The van der Waals surface area contributed by atoms with E-state index in [9.17, 15) is 5.11 Å². The smallest absolute Gasteiger partial charge is 0.404 e. The van der Waals surface area contributed by atoms with Crippen molar-refractivity contribution in [1.82, 2.24) is 14.7 Å². The maximum atomic E-state index is 10.3. The van der Waals surface area contributed by atoms with Crippen molar-refractivity contribution in [1.29, 1.82) is 0 Å². The van der Waals surface area contributed by atoms with Gasteiger partial charge in [0.2, 0.25) is 0 Å². The van der Waals surface area contributed by atoms with Crippen LogP contribution in [0.1, 0.15) is 18.9 Å². The summed E-state index contributed by atoms with van der Waals surface area (Å²) in [5, 5.41) is 15.3. The maximum Gasteiger partial charge on any atom is 0.404 e. The first kappa shape index (κ1) is 18.5. The predicted octanol–water partition coefficient (Wildman–Crippen LogP) is 5.52. The first-order valence-electron chi connectivity index (χ1n) is 10.4. The minimum absolute atomic E-state index is 0.0222. The summed E-state index contributed by atoms with van der Waals surface area (Å²) >= 11 is 0. The number of aryl methyl sites for hydroxylation is 1. The molecule has 0 amide bonds. The molecule has 0 bridgehead atoms. The van der Waals surface area contributed by atoms with Crippen LogP contribution in [0.2, 0.25) is 6.32 Å². The fraction of sp³-hybridized carbons (Fsp3) is 0.167. The van der Waals surface area contributed by atoms with Crippen LogP contribution < -0.4 is 4.81 Å². The van der Waals surface area contributed by atoms with Crippen LogP contribution in [0.25, 0.3) is 22.5 Å². The molecule has 0 spiro atoms. The number of pyridine rings is 1. The zero-order chi connectivity index (χ0) is 20.7. The van der Waals surface area contributed by atoms with Gasteiger partial charge in [-0.1, -0.05) is 43.7 Å².